The van der Waals surface area contributed by atoms with E-state index in [1.807, 2.05) is 0 Å². The molecule has 0 aromatic carbocycles. The number of amides is 2. The van der Waals surface area contributed by atoms with Gasteiger partial charge in [0, 0.05) is 29.8 Å². The molecule has 3 aliphatic rings. The molecule has 174 valence electrons. The van der Waals surface area contributed by atoms with Gasteiger partial charge in [-0.2, -0.15) is 0 Å². The molecule has 2 aromatic rings. The normalized spacial score (nSPS) is 23.4. The van der Waals surface area contributed by atoms with Crippen molar-refractivity contribution in [1.29, 1.82) is 0 Å². The minimum Gasteiger partial charge on any atom is -1.00 e. The number of hydrogen-bond donors (Lipinski definition) is 2. The molecule has 0 unspecified atom stereocenters. The zero-order chi connectivity index (χ0) is 23.4. The molecule has 17 heteroatoms. The fourth-order valence-corrected chi connectivity index (χ4v) is 6.02. The van der Waals surface area contributed by atoms with Crippen LogP contribution in [0.2, 0.25) is 0 Å². The molecule has 0 spiro atoms. The summed E-state index contributed by atoms with van der Waals surface area (Å²) in [6, 6.07) is -1.21. The number of aliphatic carboxylic acids is 1. The van der Waals surface area contributed by atoms with Crippen molar-refractivity contribution in [2.45, 2.75) is 23.7 Å². The molecule has 0 bridgehead atoms. The van der Waals surface area contributed by atoms with Gasteiger partial charge in [-0.15, -0.1) is 16.4 Å². The first-order valence-electron chi connectivity index (χ1n) is 9.65. The van der Waals surface area contributed by atoms with Gasteiger partial charge in [-0.25, -0.2) is 14.5 Å². The van der Waals surface area contributed by atoms with Crippen LogP contribution in [0.15, 0.2) is 26.3 Å². The third kappa shape index (κ3) is 3.78. The quantitative estimate of drug-likeness (QED) is 0.167. The number of carboxylic acids is 1. The number of anilines is 1. The Balaban J connectivity index is 0.00000171. The van der Waals surface area contributed by atoms with E-state index < -0.39 is 29.9 Å². The number of carbonyl (C=O) groups excluding carboxylic acids is 2. The number of carbonyl (C=O) groups is 3. The number of rotatable bonds is 6. The number of thioether (sulfide) groups is 1. The zero-order valence-corrected chi connectivity index (χ0v) is 21.9. The Morgan fingerprint density at radius 3 is 2.79 bits per heavy atom. The minimum atomic E-state index is -1.22. The number of tetrazole rings is 1. The third-order valence-electron chi connectivity index (χ3n) is 5.72. The number of nitrogens with zero attached hydrogens (tertiary/aromatic N) is 8. The van der Waals surface area contributed by atoms with Crippen molar-refractivity contribution >= 4 is 51.7 Å². The molecule has 2 saturated heterocycles. The van der Waals surface area contributed by atoms with E-state index >= 15 is 0 Å². The summed E-state index contributed by atoms with van der Waals surface area (Å²) < 4.78 is 1.42. The minimum absolute atomic E-state index is 0. The van der Waals surface area contributed by atoms with E-state index in [1.54, 1.807) is 12.4 Å². The summed E-state index contributed by atoms with van der Waals surface area (Å²) in [6.45, 7) is 0.243. The van der Waals surface area contributed by atoms with Gasteiger partial charge in [0.1, 0.15) is 24.5 Å². The van der Waals surface area contributed by atoms with Gasteiger partial charge < -0.3 is 22.0 Å². The zero-order valence-electron chi connectivity index (χ0n) is 19.3. The van der Waals surface area contributed by atoms with Crippen molar-refractivity contribution in [3.05, 3.63) is 21.7 Å². The van der Waals surface area contributed by atoms with Gasteiger partial charge >= 0.3 is 35.5 Å². The van der Waals surface area contributed by atoms with Gasteiger partial charge in [-0.1, -0.05) is 16.9 Å². The Labute approximate surface area is 223 Å². The fraction of sp³-hybridized carbons (Fsp3) is 0.412. The number of nitrogens with two attached hydrogens (primary N) is 1. The smallest absolute Gasteiger partial charge is 1.00 e. The predicted octanol–water partition coefficient (Wildman–Crippen LogP) is -3.75. The van der Waals surface area contributed by atoms with Crippen molar-refractivity contribution in [3.63, 3.8) is 0 Å². The Kier molecular flexibility index (Phi) is 6.69. The van der Waals surface area contributed by atoms with Gasteiger partial charge in [0.25, 0.3) is 11.8 Å². The van der Waals surface area contributed by atoms with Gasteiger partial charge in [-0.3, -0.25) is 14.5 Å². The molecule has 5 heterocycles. The molecule has 3 atom stereocenters. The van der Waals surface area contributed by atoms with E-state index in [2.05, 4.69) is 25.7 Å². The number of hydrogen-bond acceptors (Lipinski definition) is 12. The number of nitrogen functional groups attached to an aromatic ring is 1. The van der Waals surface area contributed by atoms with Crippen molar-refractivity contribution in [3.8, 4) is 0 Å². The van der Waals surface area contributed by atoms with Crippen molar-refractivity contribution in [2.24, 2.45) is 18.1 Å². The van der Waals surface area contributed by atoms with Crippen LogP contribution in [0.5, 0.6) is 0 Å². The second-order valence-corrected chi connectivity index (χ2v) is 9.47. The molecule has 2 amide bonds. The molecule has 5 rings (SSSR count). The standard InChI is InChI=1S/C17H17N9O5S2.Na.H/c1-24-17(20-22-23-24)33-8-3-6-4-25(12-10(6)26(14(12)28)11(8)15(29)30)13(27)9(21-31-2)7-5-32-16(18)19-7;;/h5-6,10,12H,3-4H2,1-2H3,(H2,18,19)(H,29,30);;/q;+1;-1/b21-9-;;/t6-,10-,12+;;/m1../s1. The van der Waals surface area contributed by atoms with Gasteiger partial charge in [-0.05, 0) is 16.8 Å². The molecule has 0 aliphatic carbocycles. The Morgan fingerprint density at radius 2 is 2.21 bits per heavy atom. The molecular weight excluding hydrogens is 497 g/mol. The summed E-state index contributed by atoms with van der Waals surface area (Å²) in [4.78, 5) is 50.6. The SMILES string of the molecule is CO/N=C(\C(=O)N1C[C@H]2CC(Sc3nnnn3C)=C(C(=O)O)N3C(=O)[C@@H]1[C@@H]23)c1csc(N)n1.[H-].[Na+]. The van der Waals surface area contributed by atoms with Crippen molar-refractivity contribution in [1.82, 2.24) is 35.0 Å². The predicted molar refractivity (Wildman–Crippen MR) is 115 cm³/mol. The molecule has 2 fully saturated rings. The Bertz CT molecular complexity index is 1250. The van der Waals surface area contributed by atoms with E-state index in [0.29, 0.717) is 16.5 Å². The van der Waals surface area contributed by atoms with Crippen LogP contribution < -0.4 is 35.3 Å². The third-order valence-corrected chi connectivity index (χ3v) is 7.53. The average Bonchev–Trinajstić information content (AvgIpc) is 3.48. The number of oxime groups is 1. The Morgan fingerprint density at radius 1 is 1.44 bits per heavy atom. The maximum absolute atomic E-state index is 13.4. The van der Waals surface area contributed by atoms with Crippen LogP contribution in [0.1, 0.15) is 13.5 Å². The topological polar surface area (TPSA) is 182 Å². The summed E-state index contributed by atoms with van der Waals surface area (Å²) in [5.74, 6) is -2.37. The summed E-state index contributed by atoms with van der Waals surface area (Å²) in [5.41, 5.74) is 5.77. The second kappa shape index (κ2) is 9.26. The molecule has 0 radical (unpaired) electrons. The molecule has 0 saturated carbocycles. The average molecular weight is 516 g/mol. The van der Waals surface area contributed by atoms with Gasteiger partial charge in [0.15, 0.2) is 10.8 Å². The number of thiazole rings is 1. The van der Waals surface area contributed by atoms with Crippen LogP contribution >= 0.6 is 23.1 Å². The first-order chi connectivity index (χ1) is 15.8. The number of likely N-dealkylation sites (tertiary alicyclic amines) is 1. The second-order valence-electron chi connectivity index (χ2n) is 7.52. The van der Waals surface area contributed by atoms with Crippen LogP contribution in [0.3, 0.4) is 0 Å². The number of aromatic nitrogens is 5. The molecular formula is C17H18N9NaO5S2. The van der Waals surface area contributed by atoms with Crippen LogP contribution in [0.4, 0.5) is 5.13 Å². The van der Waals surface area contributed by atoms with Crippen LogP contribution in [-0.2, 0) is 26.3 Å². The van der Waals surface area contributed by atoms with Crippen LogP contribution in [0, 0.1) is 5.92 Å². The number of allylic oxidation sites excluding steroid dienone is 1. The van der Waals surface area contributed by atoms with E-state index in [1.165, 1.54) is 21.6 Å². The monoisotopic (exact) mass is 515 g/mol. The number of β-lactam (4-membered cyclic amide) rings is 1. The summed E-state index contributed by atoms with van der Waals surface area (Å²) in [7, 11) is 2.94. The van der Waals surface area contributed by atoms with Gasteiger partial charge in [0.05, 0.1) is 6.04 Å². The summed E-state index contributed by atoms with van der Waals surface area (Å²) in [5, 5.41) is 27.1. The summed E-state index contributed by atoms with van der Waals surface area (Å²) in [6.07, 6.45) is 0.355. The molecule has 2 aromatic heterocycles. The Hall–Kier alpha value is -2.53. The summed E-state index contributed by atoms with van der Waals surface area (Å²) >= 11 is 2.25. The van der Waals surface area contributed by atoms with Crippen molar-refractivity contribution < 1.29 is 55.3 Å². The van der Waals surface area contributed by atoms with Crippen LogP contribution in [-0.4, -0.2) is 89.3 Å². The van der Waals surface area contributed by atoms with Gasteiger partial charge in [0.2, 0.25) is 5.16 Å². The first-order valence-corrected chi connectivity index (χ1v) is 11.3. The fourth-order valence-electron chi connectivity index (χ4n) is 4.43. The van der Waals surface area contributed by atoms with E-state index in [0.717, 1.165) is 23.1 Å². The largest absolute Gasteiger partial charge is 1.00 e. The number of carboxylic acid groups (broad SMARTS) is 1. The van der Waals surface area contributed by atoms with E-state index in [4.69, 9.17) is 10.6 Å². The van der Waals surface area contributed by atoms with Crippen molar-refractivity contribution in [2.75, 3.05) is 19.4 Å². The molecule has 14 nitrogen and oxygen atoms in total. The maximum Gasteiger partial charge on any atom is 1.00 e. The maximum atomic E-state index is 13.4. The molecule has 34 heavy (non-hydrogen) atoms. The van der Waals surface area contributed by atoms with Crippen LogP contribution in [0.25, 0.3) is 0 Å². The number of aryl methyl sites for hydroxylation is 1. The molecule has 3 N–H and O–H groups in total. The first kappa shape index (κ1) is 24.6. The molecule has 3 aliphatic heterocycles. The van der Waals surface area contributed by atoms with E-state index in [9.17, 15) is 19.5 Å². The van der Waals surface area contributed by atoms with E-state index in [-0.39, 0.29) is 65.7 Å².